The topological polar surface area (TPSA) is 43.3 Å². The number of rotatable bonds is 6. The van der Waals surface area contributed by atoms with Gasteiger partial charge in [0.2, 0.25) is 0 Å². The van der Waals surface area contributed by atoms with Gasteiger partial charge in [0.05, 0.1) is 7.11 Å². The number of carbonyl (C=O) groups is 1. The van der Waals surface area contributed by atoms with Gasteiger partial charge in [-0.1, -0.05) is 0 Å². The van der Waals surface area contributed by atoms with Gasteiger partial charge in [-0.15, -0.1) is 0 Å². The number of aromatic nitrogens is 1. The van der Waals surface area contributed by atoms with Crippen LogP contribution in [0.3, 0.4) is 0 Å². The van der Waals surface area contributed by atoms with Gasteiger partial charge >= 0.3 is 0 Å². The third-order valence-electron chi connectivity index (χ3n) is 3.95. The molecule has 1 amide bonds. The molecule has 0 aliphatic rings. The van der Waals surface area contributed by atoms with E-state index in [1.165, 1.54) is 12.1 Å². The SMILES string of the molecule is COc1ccc(F)cc1CCNC(=O)c1ccc(-n2cccc2)cc1. The second kappa shape index (κ2) is 7.66. The Morgan fingerprint density at radius 3 is 2.52 bits per heavy atom. The smallest absolute Gasteiger partial charge is 0.251 e. The van der Waals surface area contributed by atoms with Crippen molar-refractivity contribution in [1.29, 1.82) is 0 Å². The molecule has 128 valence electrons. The quantitative estimate of drug-likeness (QED) is 0.746. The number of nitrogens with zero attached hydrogens (tertiary/aromatic N) is 1. The first-order chi connectivity index (χ1) is 12.2. The largest absolute Gasteiger partial charge is 0.496 e. The lowest BCUT2D eigenvalue weighted by atomic mass is 10.1. The molecule has 0 fully saturated rings. The molecule has 0 bridgehead atoms. The van der Waals surface area contributed by atoms with E-state index in [-0.39, 0.29) is 11.7 Å². The van der Waals surface area contributed by atoms with Gasteiger partial charge in [0, 0.05) is 30.2 Å². The van der Waals surface area contributed by atoms with Crippen molar-refractivity contribution in [2.75, 3.05) is 13.7 Å². The number of hydrogen-bond acceptors (Lipinski definition) is 2. The standard InChI is InChI=1S/C20H19FN2O2/c1-25-19-9-6-17(21)14-16(19)10-11-22-20(24)15-4-7-18(8-5-15)23-12-2-3-13-23/h2-9,12-14H,10-11H2,1H3,(H,22,24). The van der Waals surface area contributed by atoms with E-state index in [1.807, 2.05) is 41.2 Å². The molecule has 25 heavy (non-hydrogen) atoms. The van der Waals surface area contributed by atoms with E-state index in [9.17, 15) is 9.18 Å². The molecule has 0 spiro atoms. The fraction of sp³-hybridized carbons (Fsp3) is 0.150. The molecular weight excluding hydrogens is 319 g/mol. The van der Waals surface area contributed by atoms with Crippen molar-refractivity contribution in [3.05, 3.63) is 83.9 Å². The van der Waals surface area contributed by atoms with E-state index < -0.39 is 0 Å². The molecule has 4 nitrogen and oxygen atoms in total. The van der Waals surface area contributed by atoms with Crippen molar-refractivity contribution < 1.29 is 13.9 Å². The van der Waals surface area contributed by atoms with Gasteiger partial charge in [0.1, 0.15) is 11.6 Å². The predicted octanol–water partition coefficient (Wildman–Crippen LogP) is 3.60. The Labute approximate surface area is 145 Å². The van der Waals surface area contributed by atoms with Gasteiger partial charge in [-0.25, -0.2) is 4.39 Å². The van der Waals surface area contributed by atoms with Crippen LogP contribution >= 0.6 is 0 Å². The molecule has 1 heterocycles. The minimum atomic E-state index is -0.317. The third-order valence-corrected chi connectivity index (χ3v) is 3.95. The summed E-state index contributed by atoms with van der Waals surface area (Å²) in [6.45, 7) is 0.401. The van der Waals surface area contributed by atoms with Gasteiger partial charge < -0.3 is 14.6 Å². The Morgan fingerprint density at radius 1 is 1.12 bits per heavy atom. The molecular formula is C20H19FN2O2. The van der Waals surface area contributed by atoms with Crippen molar-refractivity contribution in [2.45, 2.75) is 6.42 Å². The van der Waals surface area contributed by atoms with Crippen LogP contribution in [0.4, 0.5) is 4.39 Å². The monoisotopic (exact) mass is 338 g/mol. The van der Waals surface area contributed by atoms with E-state index in [2.05, 4.69) is 5.32 Å². The number of hydrogen-bond donors (Lipinski definition) is 1. The Balaban J connectivity index is 1.59. The lowest BCUT2D eigenvalue weighted by Gasteiger charge is -2.10. The summed E-state index contributed by atoms with van der Waals surface area (Å²) in [5, 5.41) is 2.85. The van der Waals surface area contributed by atoms with Crippen LogP contribution in [0.15, 0.2) is 67.0 Å². The Hall–Kier alpha value is -3.08. The molecule has 0 aliphatic heterocycles. The van der Waals surface area contributed by atoms with Crippen LogP contribution in [0.25, 0.3) is 5.69 Å². The number of ether oxygens (including phenoxy) is 1. The van der Waals surface area contributed by atoms with Crippen LogP contribution < -0.4 is 10.1 Å². The van der Waals surface area contributed by atoms with Crippen LogP contribution in [0, 0.1) is 5.82 Å². The number of nitrogens with one attached hydrogen (secondary N) is 1. The molecule has 0 aliphatic carbocycles. The zero-order valence-electron chi connectivity index (χ0n) is 13.9. The Morgan fingerprint density at radius 2 is 1.84 bits per heavy atom. The fourth-order valence-electron chi connectivity index (χ4n) is 2.65. The molecule has 0 saturated carbocycles. The first-order valence-corrected chi connectivity index (χ1v) is 8.01. The van der Waals surface area contributed by atoms with Gasteiger partial charge in [-0.3, -0.25) is 4.79 Å². The second-order valence-corrected chi connectivity index (χ2v) is 5.60. The summed E-state index contributed by atoms with van der Waals surface area (Å²) in [5.41, 5.74) is 2.30. The predicted molar refractivity (Wildman–Crippen MR) is 94.8 cm³/mol. The zero-order valence-corrected chi connectivity index (χ0v) is 13.9. The summed E-state index contributed by atoms with van der Waals surface area (Å²) in [7, 11) is 1.54. The number of benzene rings is 2. The molecule has 1 N–H and O–H groups in total. The first-order valence-electron chi connectivity index (χ1n) is 8.01. The zero-order chi connectivity index (χ0) is 17.6. The summed E-state index contributed by atoms with van der Waals surface area (Å²) >= 11 is 0. The van der Waals surface area contributed by atoms with Gasteiger partial charge in [-0.05, 0) is 66.6 Å². The van der Waals surface area contributed by atoms with E-state index in [0.717, 1.165) is 11.3 Å². The van der Waals surface area contributed by atoms with Crippen LogP contribution in [0.2, 0.25) is 0 Å². The third kappa shape index (κ3) is 4.07. The minimum Gasteiger partial charge on any atom is -0.496 e. The summed E-state index contributed by atoms with van der Waals surface area (Å²) in [6.07, 6.45) is 4.39. The van der Waals surface area contributed by atoms with Crippen molar-refractivity contribution in [3.8, 4) is 11.4 Å². The molecule has 5 heteroatoms. The summed E-state index contributed by atoms with van der Waals surface area (Å²) < 4.78 is 20.5. The maximum atomic E-state index is 13.3. The molecule has 3 rings (SSSR count). The highest BCUT2D eigenvalue weighted by Gasteiger charge is 2.08. The normalized spacial score (nSPS) is 10.5. The summed E-state index contributed by atoms with van der Waals surface area (Å²) in [6, 6.07) is 15.6. The first kappa shape index (κ1) is 16.8. The van der Waals surface area contributed by atoms with Crippen molar-refractivity contribution in [1.82, 2.24) is 9.88 Å². The Bertz CT molecular complexity index is 843. The van der Waals surface area contributed by atoms with Gasteiger partial charge in [0.15, 0.2) is 0 Å². The highest BCUT2D eigenvalue weighted by Crippen LogP contribution is 2.19. The highest BCUT2D eigenvalue weighted by molar-refractivity contribution is 5.94. The molecule has 0 atom stereocenters. The van der Waals surface area contributed by atoms with Crippen LogP contribution in [0.5, 0.6) is 5.75 Å². The highest BCUT2D eigenvalue weighted by atomic mass is 19.1. The number of carbonyl (C=O) groups excluding carboxylic acids is 1. The molecule has 3 aromatic rings. The number of halogens is 1. The summed E-state index contributed by atoms with van der Waals surface area (Å²) in [4.78, 5) is 12.2. The molecule has 0 saturated heterocycles. The second-order valence-electron chi connectivity index (χ2n) is 5.60. The number of methoxy groups -OCH3 is 1. The average Bonchev–Trinajstić information content (AvgIpc) is 3.17. The maximum absolute atomic E-state index is 13.3. The van der Waals surface area contributed by atoms with E-state index in [1.54, 1.807) is 25.3 Å². The number of amides is 1. The van der Waals surface area contributed by atoms with Gasteiger partial charge in [-0.2, -0.15) is 0 Å². The minimum absolute atomic E-state index is 0.158. The van der Waals surface area contributed by atoms with Crippen LogP contribution in [-0.2, 0) is 6.42 Å². The van der Waals surface area contributed by atoms with E-state index in [4.69, 9.17) is 4.74 Å². The lowest BCUT2D eigenvalue weighted by molar-refractivity contribution is 0.0954. The molecule has 1 aromatic heterocycles. The van der Waals surface area contributed by atoms with Crippen molar-refractivity contribution in [3.63, 3.8) is 0 Å². The van der Waals surface area contributed by atoms with E-state index >= 15 is 0 Å². The van der Waals surface area contributed by atoms with Crippen LogP contribution in [-0.4, -0.2) is 24.1 Å². The fourth-order valence-corrected chi connectivity index (χ4v) is 2.65. The van der Waals surface area contributed by atoms with Gasteiger partial charge in [0.25, 0.3) is 5.91 Å². The maximum Gasteiger partial charge on any atom is 0.251 e. The molecule has 2 aromatic carbocycles. The Kier molecular flexibility index (Phi) is 5.14. The molecule has 0 unspecified atom stereocenters. The lowest BCUT2D eigenvalue weighted by Crippen LogP contribution is -2.25. The van der Waals surface area contributed by atoms with Crippen molar-refractivity contribution >= 4 is 5.91 Å². The van der Waals surface area contributed by atoms with Crippen molar-refractivity contribution in [2.24, 2.45) is 0 Å². The van der Waals surface area contributed by atoms with E-state index in [0.29, 0.717) is 24.3 Å². The summed E-state index contributed by atoms with van der Waals surface area (Å²) in [5.74, 6) is 0.142. The molecule has 0 radical (unpaired) electrons. The average molecular weight is 338 g/mol. The van der Waals surface area contributed by atoms with Crippen LogP contribution in [0.1, 0.15) is 15.9 Å².